The molecule has 0 saturated heterocycles. The van der Waals surface area contributed by atoms with Gasteiger partial charge in [0.15, 0.2) is 5.16 Å². The lowest BCUT2D eigenvalue weighted by molar-refractivity contribution is -0.121. The molecule has 1 saturated carbocycles. The van der Waals surface area contributed by atoms with E-state index < -0.39 is 0 Å². The molecule has 0 unspecified atom stereocenters. The van der Waals surface area contributed by atoms with Crippen LogP contribution in [-0.4, -0.2) is 33.4 Å². The molecule has 1 aliphatic carbocycles. The largest absolute Gasteiger partial charge is 0.494 e. The van der Waals surface area contributed by atoms with Crippen LogP contribution in [0.4, 0.5) is 0 Å². The molecule has 0 radical (unpaired) electrons. The van der Waals surface area contributed by atoms with Crippen molar-refractivity contribution in [2.75, 3.05) is 6.61 Å². The smallest absolute Gasteiger partial charge is 0.233 e. The van der Waals surface area contributed by atoms with Gasteiger partial charge in [0.2, 0.25) is 5.91 Å². The predicted molar refractivity (Wildman–Crippen MR) is 123 cm³/mol. The topological polar surface area (TPSA) is 56.1 Å². The molecule has 158 valence electrons. The van der Waals surface area contributed by atoms with Crippen LogP contribution in [0.3, 0.4) is 0 Å². The minimum Gasteiger partial charge on any atom is -0.494 e. The van der Waals surface area contributed by atoms with E-state index in [9.17, 15) is 4.79 Å². The molecule has 1 heterocycles. The van der Waals surface area contributed by atoms with E-state index in [1.54, 1.807) is 0 Å². The maximum atomic E-state index is 12.8. The summed E-state index contributed by atoms with van der Waals surface area (Å²) in [6, 6.07) is 16.4. The number of carbonyl (C=O) groups is 1. The van der Waals surface area contributed by atoms with E-state index in [2.05, 4.69) is 16.0 Å². The second-order valence-electron chi connectivity index (χ2n) is 7.75. The van der Waals surface area contributed by atoms with Gasteiger partial charge in [-0.15, -0.1) is 0 Å². The zero-order valence-electron chi connectivity index (χ0n) is 17.6. The van der Waals surface area contributed by atoms with Crippen molar-refractivity contribution in [2.45, 2.75) is 62.4 Å². The number of hydrogen-bond acceptors (Lipinski definition) is 4. The van der Waals surface area contributed by atoms with Crippen LogP contribution in [-0.2, 0) is 4.79 Å². The first-order valence-corrected chi connectivity index (χ1v) is 11.7. The Balaban J connectivity index is 1.58. The Hall–Kier alpha value is -2.47. The van der Waals surface area contributed by atoms with E-state index >= 15 is 0 Å². The van der Waals surface area contributed by atoms with E-state index in [1.807, 2.05) is 56.3 Å². The maximum Gasteiger partial charge on any atom is 0.233 e. The third-order valence-electron chi connectivity index (χ3n) is 5.54. The first-order valence-electron chi connectivity index (χ1n) is 10.8. The van der Waals surface area contributed by atoms with Gasteiger partial charge in [0, 0.05) is 11.7 Å². The first-order chi connectivity index (χ1) is 14.7. The van der Waals surface area contributed by atoms with Crippen molar-refractivity contribution in [1.82, 2.24) is 14.9 Å². The van der Waals surface area contributed by atoms with Gasteiger partial charge in [0.05, 0.1) is 22.9 Å². The van der Waals surface area contributed by atoms with Gasteiger partial charge in [-0.25, -0.2) is 4.98 Å². The second kappa shape index (κ2) is 9.56. The quantitative estimate of drug-likeness (QED) is 0.520. The van der Waals surface area contributed by atoms with Crippen LogP contribution in [0.5, 0.6) is 5.75 Å². The molecule has 1 amide bonds. The van der Waals surface area contributed by atoms with E-state index in [0.717, 1.165) is 40.5 Å². The van der Waals surface area contributed by atoms with Crippen molar-refractivity contribution in [3.05, 3.63) is 48.5 Å². The van der Waals surface area contributed by atoms with Gasteiger partial charge in [-0.05, 0) is 63.1 Å². The summed E-state index contributed by atoms with van der Waals surface area (Å²) in [4.78, 5) is 17.6. The van der Waals surface area contributed by atoms with E-state index in [1.165, 1.54) is 31.0 Å². The highest BCUT2D eigenvalue weighted by Gasteiger charge is 2.23. The second-order valence-corrected chi connectivity index (χ2v) is 9.06. The summed E-state index contributed by atoms with van der Waals surface area (Å²) < 4.78 is 7.71. The van der Waals surface area contributed by atoms with E-state index in [0.29, 0.717) is 12.6 Å². The number of aromatic nitrogens is 2. The molecule has 0 aliphatic heterocycles. The average molecular weight is 424 g/mol. The van der Waals surface area contributed by atoms with E-state index in [-0.39, 0.29) is 11.2 Å². The maximum absolute atomic E-state index is 12.8. The highest BCUT2D eigenvalue weighted by atomic mass is 32.2. The Morgan fingerprint density at radius 3 is 2.63 bits per heavy atom. The van der Waals surface area contributed by atoms with Crippen molar-refractivity contribution >= 4 is 28.7 Å². The number of ether oxygens (including phenoxy) is 1. The molecule has 1 fully saturated rings. The number of thioether (sulfide) groups is 1. The molecule has 30 heavy (non-hydrogen) atoms. The lowest BCUT2D eigenvalue weighted by atomic mass is 9.95. The molecule has 1 N–H and O–H groups in total. The number of para-hydroxylation sites is 2. The van der Waals surface area contributed by atoms with Crippen molar-refractivity contribution in [3.63, 3.8) is 0 Å². The normalized spacial score (nSPS) is 15.8. The Morgan fingerprint density at radius 1 is 1.17 bits per heavy atom. The number of nitrogens with zero attached hydrogens (tertiary/aromatic N) is 2. The molecule has 1 aromatic heterocycles. The first kappa shape index (κ1) is 20.8. The summed E-state index contributed by atoms with van der Waals surface area (Å²) in [5.41, 5.74) is 2.97. The van der Waals surface area contributed by atoms with Gasteiger partial charge in [-0.2, -0.15) is 0 Å². The number of hydrogen-bond donors (Lipinski definition) is 1. The Bertz CT molecular complexity index is 993. The lowest BCUT2D eigenvalue weighted by Gasteiger charge is -2.24. The SMILES string of the molecule is CCOc1ccc(-n2c(S[C@@H](C)C(=O)NC3CCCCC3)nc3ccccc32)cc1. The summed E-state index contributed by atoms with van der Waals surface area (Å²) >= 11 is 1.51. The molecule has 1 atom stereocenters. The highest BCUT2D eigenvalue weighted by Crippen LogP contribution is 2.31. The molecule has 0 bridgehead atoms. The summed E-state index contributed by atoms with van der Waals surface area (Å²) in [5.74, 6) is 0.942. The predicted octanol–water partition coefficient (Wildman–Crippen LogP) is 5.35. The van der Waals surface area contributed by atoms with Crippen molar-refractivity contribution in [2.24, 2.45) is 0 Å². The van der Waals surface area contributed by atoms with Crippen LogP contribution in [0.2, 0.25) is 0 Å². The monoisotopic (exact) mass is 423 g/mol. The molecule has 0 spiro atoms. The molecular formula is C24H29N3O2S. The number of fused-ring (bicyclic) bond motifs is 1. The zero-order chi connectivity index (χ0) is 20.9. The van der Waals surface area contributed by atoms with Crippen LogP contribution in [0, 0.1) is 0 Å². The molecule has 2 aromatic carbocycles. The van der Waals surface area contributed by atoms with Gasteiger partial charge >= 0.3 is 0 Å². The van der Waals surface area contributed by atoms with Crippen LogP contribution >= 0.6 is 11.8 Å². The minimum absolute atomic E-state index is 0.0946. The van der Waals surface area contributed by atoms with Crippen LogP contribution in [0.15, 0.2) is 53.7 Å². The van der Waals surface area contributed by atoms with Crippen molar-refractivity contribution in [3.8, 4) is 11.4 Å². The molecule has 5 nitrogen and oxygen atoms in total. The van der Waals surface area contributed by atoms with Crippen LogP contribution in [0.25, 0.3) is 16.7 Å². The number of carbonyl (C=O) groups excluding carboxylic acids is 1. The third-order valence-corrected chi connectivity index (χ3v) is 6.59. The van der Waals surface area contributed by atoms with E-state index in [4.69, 9.17) is 9.72 Å². The summed E-state index contributed by atoms with van der Waals surface area (Å²) in [7, 11) is 0. The Kier molecular flexibility index (Phi) is 6.62. The molecule has 1 aliphatic rings. The Labute approximate surface area is 182 Å². The summed E-state index contributed by atoms with van der Waals surface area (Å²) in [6.07, 6.45) is 5.88. The Morgan fingerprint density at radius 2 is 1.90 bits per heavy atom. The fourth-order valence-electron chi connectivity index (χ4n) is 3.97. The number of imidazole rings is 1. The average Bonchev–Trinajstić information content (AvgIpc) is 3.13. The number of rotatable bonds is 7. The number of benzene rings is 2. The number of amides is 1. The van der Waals surface area contributed by atoms with Crippen molar-refractivity contribution in [1.29, 1.82) is 0 Å². The number of nitrogens with one attached hydrogen (secondary N) is 1. The minimum atomic E-state index is -0.217. The highest BCUT2D eigenvalue weighted by molar-refractivity contribution is 8.00. The fraction of sp³-hybridized carbons (Fsp3) is 0.417. The lowest BCUT2D eigenvalue weighted by Crippen LogP contribution is -2.40. The van der Waals surface area contributed by atoms with Crippen molar-refractivity contribution < 1.29 is 9.53 Å². The standard InChI is InChI=1S/C24H29N3O2S/c1-3-29-20-15-13-19(14-16-20)27-22-12-8-7-11-21(22)26-24(27)30-17(2)23(28)25-18-9-5-4-6-10-18/h7-8,11-18H,3-6,9-10H2,1-2H3,(H,25,28)/t17-/m0/s1. The molecule has 4 rings (SSSR count). The zero-order valence-corrected chi connectivity index (χ0v) is 18.5. The molecule has 3 aromatic rings. The van der Waals surface area contributed by atoms with Gasteiger partial charge < -0.3 is 10.1 Å². The van der Waals surface area contributed by atoms with Gasteiger partial charge in [0.1, 0.15) is 5.75 Å². The molecular weight excluding hydrogens is 394 g/mol. The fourth-order valence-corrected chi connectivity index (χ4v) is 4.92. The van der Waals surface area contributed by atoms with Crippen LogP contribution < -0.4 is 10.1 Å². The van der Waals surface area contributed by atoms with Gasteiger partial charge in [-0.1, -0.05) is 43.2 Å². The summed E-state index contributed by atoms with van der Waals surface area (Å²) in [5, 5.41) is 3.85. The van der Waals surface area contributed by atoms with Gasteiger partial charge in [0.25, 0.3) is 0 Å². The molecule has 6 heteroatoms. The van der Waals surface area contributed by atoms with Gasteiger partial charge in [-0.3, -0.25) is 9.36 Å². The third kappa shape index (κ3) is 4.64. The summed E-state index contributed by atoms with van der Waals surface area (Å²) in [6.45, 7) is 4.58. The van der Waals surface area contributed by atoms with Crippen LogP contribution in [0.1, 0.15) is 46.0 Å².